The van der Waals surface area contributed by atoms with Gasteiger partial charge in [-0.1, -0.05) is 69.2 Å². The molecule has 6 nitrogen and oxygen atoms in total. The van der Waals surface area contributed by atoms with Crippen molar-refractivity contribution in [2.45, 2.75) is 112 Å². The highest BCUT2D eigenvalue weighted by Crippen LogP contribution is 2.41. The van der Waals surface area contributed by atoms with E-state index >= 15 is 0 Å². The van der Waals surface area contributed by atoms with Crippen molar-refractivity contribution in [3.63, 3.8) is 0 Å². The van der Waals surface area contributed by atoms with Crippen molar-refractivity contribution >= 4 is 37.3 Å². The van der Waals surface area contributed by atoms with Crippen LogP contribution >= 0.6 is 0 Å². The normalized spacial score (nSPS) is 17.5. The number of carbonyl (C=O) groups is 1. The molecule has 0 fully saturated rings. The smallest absolute Gasteiger partial charge is 0.334 e. The molecule has 0 aromatic heterocycles. The van der Waals surface area contributed by atoms with E-state index in [0.29, 0.717) is 22.8 Å². The van der Waals surface area contributed by atoms with Gasteiger partial charge in [0.2, 0.25) is 0 Å². The van der Waals surface area contributed by atoms with E-state index < -0.39 is 25.2 Å². The van der Waals surface area contributed by atoms with E-state index in [1.165, 1.54) is 6.21 Å². The Morgan fingerprint density at radius 3 is 1.62 bits per heavy atom. The van der Waals surface area contributed by atoms with Gasteiger partial charge in [0, 0.05) is 5.56 Å². The van der Waals surface area contributed by atoms with E-state index in [1.807, 2.05) is 0 Å². The van der Waals surface area contributed by atoms with Crippen LogP contribution in [0.3, 0.4) is 0 Å². The van der Waals surface area contributed by atoms with Crippen LogP contribution in [0.4, 0.5) is 0 Å². The molecule has 0 aliphatic carbocycles. The molecule has 1 amide bonds. The second kappa shape index (κ2) is 12.7. The second-order valence-corrected chi connectivity index (χ2v) is 26.8. The summed E-state index contributed by atoms with van der Waals surface area (Å²) in [7, 11) is -7.21. The highest BCUT2D eigenvalue weighted by Gasteiger charge is 2.50. The zero-order valence-electron chi connectivity index (χ0n) is 25.8. The van der Waals surface area contributed by atoms with Crippen LogP contribution in [0.2, 0.25) is 42.8 Å². The number of carbonyl (C=O) groups excluding carboxylic acids is 1. The van der Waals surface area contributed by atoms with E-state index in [9.17, 15) is 4.79 Å². The van der Waals surface area contributed by atoms with Crippen LogP contribution in [-0.2, 0) is 8.23 Å². The first-order valence-electron chi connectivity index (χ1n) is 13.6. The van der Waals surface area contributed by atoms with Gasteiger partial charge < -0.3 is 19.1 Å². The maximum absolute atomic E-state index is 13.2. The summed E-state index contributed by atoms with van der Waals surface area (Å²) in [6.07, 6.45) is 1.75. The number of rotatable bonds is 12. The van der Waals surface area contributed by atoms with Crippen LogP contribution in [0.1, 0.15) is 85.2 Å². The third-order valence-corrected chi connectivity index (χ3v) is 23.5. The molecule has 37 heavy (non-hydrogen) atoms. The summed E-state index contributed by atoms with van der Waals surface area (Å²) in [6, 6.07) is 9.07. The van der Waals surface area contributed by atoms with E-state index in [1.54, 1.807) is 24.3 Å². The highest BCUT2D eigenvalue weighted by atomic mass is 28.5. The number of nitrogens with one attached hydrogen (secondary N) is 1. The predicted octanol–water partition coefficient (Wildman–Crippen LogP) is 7.77. The number of benzene rings is 1. The van der Waals surface area contributed by atoms with Gasteiger partial charge in [-0.15, -0.1) is 0 Å². The molecule has 2 unspecified atom stereocenters. The van der Waals surface area contributed by atoms with Crippen molar-refractivity contribution in [2.75, 3.05) is 6.17 Å². The van der Waals surface area contributed by atoms with Crippen LogP contribution in [0.25, 0.3) is 5.53 Å². The number of hydrogen-bond donors (Lipinski definition) is 1. The Hall–Kier alpha value is -1.36. The molecule has 1 rings (SSSR count). The topological polar surface area (TPSA) is 84.0 Å². The Kier molecular flexibility index (Phi) is 11.5. The fourth-order valence-electron chi connectivity index (χ4n) is 5.03. The number of hydrogen-bond acceptors (Lipinski definition) is 3. The average molecular weight is 564 g/mol. The minimum atomic E-state index is -2.83. The molecule has 210 valence electrons. The molecule has 0 spiro atoms. The first-order valence-corrected chi connectivity index (χ1v) is 21.5. The fourth-order valence-corrected chi connectivity index (χ4v) is 22.0. The van der Waals surface area contributed by atoms with E-state index in [2.05, 4.69) is 99.0 Å². The SMILES string of the molecule is CC(C)[Si](C)(CC(C)(C)C)O[Si](C)(CNC(=O)c1ccc(C=[N+]=[N-])cc1)O[Si](C)(CC(C)(C)C)C(C)C. The van der Waals surface area contributed by atoms with Crippen LogP contribution in [-0.4, -0.2) is 48.3 Å². The second-order valence-electron chi connectivity index (χ2n) is 14.3. The molecule has 0 heterocycles. The molecular formula is C28H53N3O3Si3. The van der Waals surface area contributed by atoms with Crippen molar-refractivity contribution < 1.29 is 17.8 Å². The summed E-state index contributed by atoms with van der Waals surface area (Å²) in [5.41, 5.74) is 11.2. The average Bonchev–Trinajstić information content (AvgIpc) is 2.69. The lowest BCUT2D eigenvalue weighted by Gasteiger charge is -2.48. The molecule has 0 saturated carbocycles. The van der Waals surface area contributed by atoms with Gasteiger partial charge in [-0.3, -0.25) is 4.79 Å². The lowest BCUT2D eigenvalue weighted by Crippen LogP contribution is -2.63. The lowest BCUT2D eigenvalue weighted by atomic mass is 10.0. The van der Waals surface area contributed by atoms with Crippen molar-refractivity contribution in [2.24, 2.45) is 10.8 Å². The van der Waals surface area contributed by atoms with Crippen LogP contribution in [0, 0.1) is 10.8 Å². The van der Waals surface area contributed by atoms with Gasteiger partial charge in [0.25, 0.3) is 12.1 Å². The largest absolute Gasteiger partial charge is 0.435 e. The van der Waals surface area contributed by atoms with Crippen LogP contribution in [0.5, 0.6) is 0 Å². The molecule has 1 aromatic rings. The third kappa shape index (κ3) is 11.1. The Balaban J connectivity index is 3.38. The zero-order valence-corrected chi connectivity index (χ0v) is 28.8. The summed E-state index contributed by atoms with van der Waals surface area (Å²) in [4.78, 5) is 16.2. The van der Waals surface area contributed by atoms with Gasteiger partial charge in [0.15, 0.2) is 16.6 Å². The fraction of sp³-hybridized carbons (Fsp3) is 0.714. The van der Waals surface area contributed by atoms with Crippen LogP contribution in [0.15, 0.2) is 24.3 Å². The maximum atomic E-state index is 13.2. The molecule has 9 heteroatoms. The maximum Gasteiger partial charge on any atom is 0.334 e. The summed E-state index contributed by atoms with van der Waals surface area (Å²) in [6.45, 7) is 29.6. The predicted molar refractivity (Wildman–Crippen MR) is 163 cm³/mol. The minimum Gasteiger partial charge on any atom is -0.435 e. The van der Waals surface area contributed by atoms with Crippen molar-refractivity contribution in [1.29, 1.82) is 0 Å². The third-order valence-electron chi connectivity index (χ3n) is 7.05. The van der Waals surface area contributed by atoms with Gasteiger partial charge in [-0.2, -0.15) is 4.79 Å². The summed E-state index contributed by atoms with van der Waals surface area (Å²) < 4.78 is 14.6. The van der Waals surface area contributed by atoms with Gasteiger partial charge in [0.05, 0.1) is 11.7 Å². The quantitative estimate of drug-likeness (QED) is 0.122. The molecule has 0 aliphatic rings. The van der Waals surface area contributed by atoms with Crippen molar-refractivity contribution in [3.8, 4) is 0 Å². The molecule has 0 saturated heterocycles. The minimum absolute atomic E-state index is 0.146. The molecule has 1 N–H and O–H groups in total. The first kappa shape index (κ1) is 33.7. The van der Waals surface area contributed by atoms with Gasteiger partial charge in [0.1, 0.15) is 0 Å². The summed E-state index contributed by atoms with van der Waals surface area (Å²) >= 11 is 0. The van der Waals surface area contributed by atoms with E-state index in [-0.39, 0.29) is 16.7 Å². The van der Waals surface area contributed by atoms with Crippen LogP contribution < -0.4 is 5.32 Å². The van der Waals surface area contributed by atoms with Gasteiger partial charge in [-0.05, 0) is 77.9 Å². The number of amides is 1. The molecule has 2 atom stereocenters. The van der Waals surface area contributed by atoms with Gasteiger partial charge in [-0.25, -0.2) is 0 Å². The molecule has 0 aliphatic heterocycles. The van der Waals surface area contributed by atoms with Crippen molar-refractivity contribution in [3.05, 3.63) is 40.9 Å². The molecular weight excluding hydrogens is 511 g/mol. The van der Waals surface area contributed by atoms with Gasteiger partial charge >= 0.3 is 8.56 Å². The van der Waals surface area contributed by atoms with E-state index in [4.69, 9.17) is 13.8 Å². The number of nitrogens with zero attached hydrogens (tertiary/aromatic N) is 2. The van der Waals surface area contributed by atoms with Crippen molar-refractivity contribution in [1.82, 2.24) is 5.32 Å². The Labute approximate surface area is 230 Å². The monoisotopic (exact) mass is 563 g/mol. The zero-order chi connectivity index (χ0) is 28.9. The first-order chi connectivity index (χ1) is 16.6. The Morgan fingerprint density at radius 2 is 1.30 bits per heavy atom. The Bertz CT molecular complexity index is 912. The highest BCUT2D eigenvalue weighted by molar-refractivity contribution is 6.90. The molecule has 0 bridgehead atoms. The standard InChI is InChI=1S/C28H53N3O3Si3/c1-22(2)35(11,19-27(5,6)7)33-37(13,34-36(12,23(3)4)20-28(8,9)10)21-30-26(32)25-16-14-24(15-17-25)18-31-29/h14-18,22-23H,19-21H2,1-13H3,(H,30,32). The molecule has 1 aromatic carbocycles. The summed E-state index contributed by atoms with van der Waals surface area (Å²) in [5.74, 6) is -0.147. The lowest BCUT2D eigenvalue weighted by molar-refractivity contribution is 0.00455. The van der Waals surface area contributed by atoms with E-state index in [0.717, 1.165) is 17.7 Å². The Morgan fingerprint density at radius 1 is 0.892 bits per heavy atom. The summed E-state index contributed by atoms with van der Waals surface area (Å²) in [5, 5.41) is 3.17. The molecule has 0 radical (unpaired) electrons.